The van der Waals surface area contributed by atoms with Gasteiger partial charge in [-0.3, -0.25) is 4.79 Å². The Labute approximate surface area is 188 Å². The summed E-state index contributed by atoms with van der Waals surface area (Å²) in [5.41, 5.74) is 4.97. The highest BCUT2D eigenvalue weighted by Crippen LogP contribution is 2.44. The van der Waals surface area contributed by atoms with E-state index in [-0.39, 0.29) is 12.6 Å². The van der Waals surface area contributed by atoms with Crippen LogP contribution in [0.15, 0.2) is 66.6 Å². The number of carbonyl (C=O) groups excluding carboxylic acids is 2. The van der Waals surface area contributed by atoms with Crippen LogP contribution >= 0.6 is 0 Å². The summed E-state index contributed by atoms with van der Waals surface area (Å²) in [7, 11) is 0. The Morgan fingerprint density at radius 1 is 1.09 bits per heavy atom. The Hall–Kier alpha value is -3.60. The number of esters is 2. The van der Waals surface area contributed by atoms with E-state index in [1.54, 1.807) is 13.1 Å². The van der Waals surface area contributed by atoms with Gasteiger partial charge in [-0.05, 0) is 38.8 Å². The summed E-state index contributed by atoms with van der Waals surface area (Å²) in [6, 6.07) is 17.8. The first-order valence-corrected chi connectivity index (χ1v) is 10.8. The lowest BCUT2D eigenvalue weighted by atomic mass is 9.87. The molecule has 0 spiro atoms. The Bertz CT molecular complexity index is 1180. The molecule has 5 heteroatoms. The summed E-state index contributed by atoms with van der Waals surface area (Å²) in [4.78, 5) is 28.6. The van der Waals surface area contributed by atoms with Crippen molar-refractivity contribution in [1.82, 2.24) is 4.98 Å². The van der Waals surface area contributed by atoms with Crippen molar-refractivity contribution in [1.29, 1.82) is 0 Å². The number of rotatable bonds is 5. The van der Waals surface area contributed by atoms with Gasteiger partial charge < -0.3 is 14.5 Å². The number of ether oxygens (including phenoxy) is 2. The van der Waals surface area contributed by atoms with Crippen molar-refractivity contribution in [3.8, 4) is 11.1 Å². The Balaban J connectivity index is 1.99. The topological polar surface area (TPSA) is 68.4 Å². The third kappa shape index (κ3) is 3.98. The molecule has 0 aliphatic carbocycles. The normalized spacial score (nSPS) is 16.6. The van der Waals surface area contributed by atoms with Crippen LogP contribution in [0.3, 0.4) is 0 Å². The van der Waals surface area contributed by atoms with Crippen LogP contribution in [-0.2, 0) is 14.3 Å². The van der Waals surface area contributed by atoms with Gasteiger partial charge in [-0.25, -0.2) is 4.79 Å². The lowest BCUT2D eigenvalue weighted by Crippen LogP contribution is -2.16. The highest BCUT2D eigenvalue weighted by molar-refractivity contribution is 6.02. The molecule has 0 amide bonds. The lowest BCUT2D eigenvalue weighted by Gasteiger charge is -2.14. The van der Waals surface area contributed by atoms with Crippen molar-refractivity contribution in [3.63, 3.8) is 0 Å². The van der Waals surface area contributed by atoms with Gasteiger partial charge in [-0.15, -0.1) is 0 Å². The zero-order valence-electron chi connectivity index (χ0n) is 18.8. The van der Waals surface area contributed by atoms with Gasteiger partial charge in [0.05, 0.1) is 23.3 Å². The van der Waals surface area contributed by atoms with Crippen LogP contribution in [0.2, 0.25) is 0 Å². The molecule has 4 rings (SSSR count). The van der Waals surface area contributed by atoms with Crippen molar-refractivity contribution >= 4 is 17.5 Å². The van der Waals surface area contributed by atoms with Crippen molar-refractivity contribution in [2.45, 2.75) is 34.1 Å². The minimum absolute atomic E-state index is 0.254. The van der Waals surface area contributed by atoms with Crippen molar-refractivity contribution in [2.75, 3.05) is 6.61 Å². The van der Waals surface area contributed by atoms with Gasteiger partial charge in [-0.2, -0.15) is 0 Å². The largest absolute Gasteiger partial charge is 0.462 e. The number of allylic oxidation sites excluding steroid dienone is 1. The fraction of sp³-hybridized carbons (Fsp3) is 0.259. The van der Waals surface area contributed by atoms with Crippen LogP contribution in [0.1, 0.15) is 54.4 Å². The molecule has 2 aromatic carbocycles. The van der Waals surface area contributed by atoms with Crippen LogP contribution < -0.4 is 0 Å². The van der Waals surface area contributed by atoms with E-state index in [0.717, 1.165) is 33.5 Å². The van der Waals surface area contributed by atoms with Gasteiger partial charge in [0.1, 0.15) is 5.76 Å². The molecule has 2 heterocycles. The van der Waals surface area contributed by atoms with E-state index >= 15 is 0 Å². The summed E-state index contributed by atoms with van der Waals surface area (Å²) in [5.74, 6) is -0.0558. The van der Waals surface area contributed by atoms with Gasteiger partial charge >= 0.3 is 11.9 Å². The molecule has 1 aliphatic heterocycles. The van der Waals surface area contributed by atoms with E-state index in [1.165, 1.54) is 0 Å². The summed E-state index contributed by atoms with van der Waals surface area (Å²) >= 11 is 0. The van der Waals surface area contributed by atoms with Crippen LogP contribution in [0.5, 0.6) is 0 Å². The number of cyclic esters (lactones) is 1. The van der Waals surface area contributed by atoms with E-state index in [4.69, 9.17) is 9.47 Å². The van der Waals surface area contributed by atoms with Gasteiger partial charge in [0.15, 0.2) is 0 Å². The van der Waals surface area contributed by atoms with Crippen LogP contribution in [-0.4, -0.2) is 23.5 Å². The first-order valence-electron chi connectivity index (χ1n) is 10.8. The molecule has 1 aromatic heterocycles. The zero-order chi connectivity index (χ0) is 22.9. The molecule has 1 saturated heterocycles. The van der Waals surface area contributed by atoms with Crippen LogP contribution in [0, 0.1) is 12.3 Å². The molecule has 5 nitrogen and oxygen atoms in total. The van der Waals surface area contributed by atoms with Crippen molar-refractivity contribution < 1.29 is 19.1 Å². The number of aromatic amines is 1. The Morgan fingerprint density at radius 3 is 2.38 bits per heavy atom. The number of H-pyrrole nitrogens is 1. The summed E-state index contributed by atoms with van der Waals surface area (Å²) < 4.78 is 11.1. The van der Waals surface area contributed by atoms with Crippen LogP contribution in [0.25, 0.3) is 16.7 Å². The average Bonchev–Trinajstić information content (AvgIpc) is 3.31. The third-order valence-corrected chi connectivity index (χ3v) is 5.68. The maximum atomic E-state index is 12.8. The standard InChI is InChI=1S/C27H27NO4/c1-5-31-25(29)20-16-28-24(22(20)18-9-7-6-8-10-18)23(19-13-11-17(2)12-14-19)21-15-27(3,4)26(30)32-21/h6-14,16,28H,5,15H2,1-4H3/b23-21+. The van der Waals surface area contributed by atoms with Crippen molar-refractivity contribution in [2.24, 2.45) is 5.41 Å². The molecule has 1 aliphatic rings. The number of carbonyl (C=O) groups is 2. The monoisotopic (exact) mass is 429 g/mol. The SMILES string of the molecule is CCOC(=O)c1c[nH]c(/C(=C2\CC(C)(C)C(=O)O2)c2ccc(C)cc2)c1-c1ccccc1. The first kappa shape index (κ1) is 21.6. The maximum Gasteiger partial charge on any atom is 0.340 e. The quantitative estimate of drug-likeness (QED) is 0.513. The van der Waals surface area contributed by atoms with Gasteiger partial charge in [0.25, 0.3) is 0 Å². The molecule has 0 bridgehead atoms. The fourth-order valence-corrected chi connectivity index (χ4v) is 3.96. The third-order valence-electron chi connectivity index (χ3n) is 5.68. The Morgan fingerprint density at radius 2 is 1.78 bits per heavy atom. The van der Waals surface area contributed by atoms with E-state index < -0.39 is 11.4 Å². The summed E-state index contributed by atoms with van der Waals surface area (Å²) in [6.07, 6.45) is 2.14. The van der Waals surface area contributed by atoms with Crippen LogP contribution in [0.4, 0.5) is 0 Å². The molecule has 3 aromatic rings. The molecule has 1 fully saturated rings. The first-order chi connectivity index (χ1) is 15.3. The maximum absolute atomic E-state index is 12.8. The minimum Gasteiger partial charge on any atom is -0.462 e. The predicted octanol–water partition coefficient (Wildman–Crippen LogP) is 5.90. The number of hydrogen-bond donors (Lipinski definition) is 1. The molecule has 1 N–H and O–H groups in total. The predicted molar refractivity (Wildman–Crippen MR) is 124 cm³/mol. The van der Waals surface area contributed by atoms with Gasteiger partial charge in [0.2, 0.25) is 0 Å². The minimum atomic E-state index is -0.616. The van der Waals surface area contributed by atoms with E-state index in [2.05, 4.69) is 4.98 Å². The molecule has 0 radical (unpaired) electrons. The van der Waals surface area contributed by atoms with E-state index in [9.17, 15) is 9.59 Å². The second-order valence-corrected chi connectivity index (χ2v) is 8.65. The smallest absolute Gasteiger partial charge is 0.340 e. The number of benzene rings is 2. The second-order valence-electron chi connectivity index (χ2n) is 8.65. The molecule has 164 valence electrons. The molecule has 0 saturated carbocycles. The average molecular weight is 430 g/mol. The van der Waals surface area contributed by atoms with E-state index in [1.807, 2.05) is 75.4 Å². The highest BCUT2D eigenvalue weighted by atomic mass is 16.5. The summed E-state index contributed by atoms with van der Waals surface area (Å²) in [5, 5.41) is 0. The van der Waals surface area contributed by atoms with Gasteiger partial charge in [0, 0.05) is 23.8 Å². The van der Waals surface area contributed by atoms with Gasteiger partial charge in [-0.1, -0.05) is 60.2 Å². The second kappa shape index (κ2) is 8.50. The Kier molecular flexibility index (Phi) is 5.74. The number of nitrogens with one attached hydrogen (secondary N) is 1. The molecular formula is C27H27NO4. The fourth-order valence-electron chi connectivity index (χ4n) is 3.96. The number of hydrogen-bond acceptors (Lipinski definition) is 4. The lowest BCUT2D eigenvalue weighted by molar-refractivity contribution is -0.142. The molecule has 0 atom stereocenters. The molecule has 0 unspecified atom stereocenters. The highest BCUT2D eigenvalue weighted by Gasteiger charge is 2.41. The number of aryl methyl sites for hydroxylation is 1. The van der Waals surface area contributed by atoms with E-state index in [0.29, 0.717) is 17.7 Å². The zero-order valence-corrected chi connectivity index (χ0v) is 18.8. The molecular weight excluding hydrogens is 402 g/mol. The van der Waals surface area contributed by atoms with Crippen molar-refractivity contribution in [3.05, 3.63) is 88.9 Å². The summed E-state index contributed by atoms with van der Waals surface area (Å²) in [6.45, 7) is 7.86. The molecule has 32 heavy (non-hydrogen) atoms. The number of aromatic nitrogens is 1.